The summed E-state index contributed by atoms with van der Waals surface area (Å²) in [6.07, 6.45) is 0.757. The fourth-order valence-corrected chi connectivity index (χ4v) is 4.65. The molecule has 4 N–H and O–H groups in total. The molecule has 1 aliphatic rings. The topological polar surface area (TPSA) is 169 Å². The van der Waals surface area contributed by atoms with Crippen LogP contribution in [0.3, 0.4) is 0 Å². The molecule has 0 spiro atoms. The monoisotopic (exact) mass is 549 g/mol. The molecule has 2 heterocycles. The van der Waals surface area contributed by atoms with Gasteiger partial charge in [-0.1, -0.05) is 47.6 Å². The van der Waals surface area contributed by atoms with Crippen LogP contribution in [0.15, 0.2) is 53.1 Å². The zero-order valence-corrected chi connectivity index (χ0v) is 22.2. The number of hydrogen-bond donors (Lipinski definition) is 4. The number of esters is 1. The number of fused-ring (bicyclic) bond motifs is 1. The van der Waals surface area contributed by atoms with Crippen molar-refractivity contribution in [1.29, 1.82) is 0 Å². The zero-order chi connectivity index (χ0) is 28.6. The van der Waals surface area contributed by atoms with E-state index in [-0.39, 0.29) is 24.4 Å². The van der Waals surface area contributed by atoms with Crippen LogP contribution in [0.4, 0.5) is 0 Å². The summed E-state index contributed by atoms with van der Waals surface area (Å²) in [4.78, 5) is 63.0. The van der Waals surface area contributed by atoms with Crippen molar-refractivity contribution in [3.63, 3.8) is 0 Å². The molecule has 210 valence electrons. The third-order valence-corrected chi connectivity index (χ3v) is 6.71. The Kier molecular flexibility index (Phi) is 9.10. The molecule has 40 heavy (non-hydrogen) atoms. The van der Waals surface area contributed by atoms with E-state index in [9.17, 15) is 24.0 Å². The second kappa shape index (κ2) is 12.9. The first kappa shape index (κ1) is 28.3. The third-order valence-electron chi connectivity index (χ3n) is 6.71. The maximum atomic E-state index is 13.3. The lowest BCUT2D eigenvalue weighted by Crippen LogP contribution is -2.52. The van der Waals surface area contributed by atoms with E-state index >= 15 is 0 Å². The molecule has 12 heteroatoms. The van der Waals surface area contributed by atoms with Crippen molar-refractivity contribution < 1.29 is 33.2 Å². The van der Waals surface area contributed by atoms with Crippen molar-refractivity contribution in [3.8, 4) is 0 Å². The van der Waals surface area contributed by atoms with Gasteiger partial charge in [-0.15, -0.1) is 0 Å². The van der Waals surface area contributed by atoms with Crippen LogP contribution in [0.2, 0.25) is 0 Å². The van der Waals surface area contributed by atoms with Crippen molar-refractivity contribution in [1.82, 2.24) is 26.4 Å². The summed E-state index contributed by atoms with van der Waals surface area (Å²) in [7, 11) is 1.19. The third kappa shape index (κ3) is 7.01. The van der Waals surface area contributed by atoms with Crippen LogP contribution < -0.4 is 21.3 Å². The first-order valence-corrected chi connectivity index (χ1v) is 12.9. The molecule has 1 saturated heterocycles. The van der Waals surface area contributed by atoms with Crippen LogP contribution in [0.5, 0.6) is 0 Å². The van der Waals surface area contributed by atoms with Crippen molar-refractivity contribution in [2.75, 3.05) is 20.2 Å². The molecule has 0 aliphatic carbocycles. The number of carbonyl (C=O) groups excluding carboxylic acids is 5. The van der Waals surface area contributed by atoms with E-state index < -0.39 is 48.2 Å². The highest BCUT2D eigenvalue weighted by atomic mass is 16.5. The van der Waals surface area contributed by atoms with Gasteiger partial charge in [0.1, 0.15) is 17.8 Å². The Labute approximate surface area is 230 Å². The van der Waals surface area contributed by atoms with Crippen molar-refractivity contribution in [3.05, 3.63) is 65.5 Å². The van der Waals surface area contributed by atoms with Crippen LogP contribution in [0, 0.1) is 12.8 Å². The highest BCUT2D eigenvalue weighted by molar-refractivity contribution is 5.97. The van der Waals surface area contributed by atoms with E-state index in [0.29, 0.717) is 18.7 Å². The number of methoxy groups -OCH3 is 1. The average Bonchev–Trinajstić information content (AvgIpc) is 3.58. The predicted molar refractivity (Wildman–Crippen MR) is 143 cm³/mol. The summed E-state index contributed by atoms with van der Waals surface area (Å²) in [5.41, 5.74) is 0.836. The van der Waals surface area contributed by atoms with Crippen LogP contribution in [0.1, 0.15) is 34.7 Å². The number of benzene rings is 2. The largest absolute Gasteiger partial charge is 0.467 e. The standard InChI is InChI=1S/C28H31N5O7/c1-16-12-22(33-40-16)27(37)32-21(13-18-8-5-7-17-6-3-4-9-20(17)18)26(36)30-15-24(34)31-23(28(38)39-2)14-19-10-11-29-25(19)35/h3-9,12,19,21,23H,10-11,13-15H2,1-2H3,(H,29,35)(H,30,36)(H,31,34)(H,32,37). The number of amides is 4. The maximum absolute atomic E-state index is 13.3. The van der Waals surface area contributed by atoms with Crippen molar-refractivity contribution in [2.24, 2.45) is 5.92 Å². The molecule has 0 saturated carbocycles. The van der Waals surface area contributed by atoms with Gasteiger partial charge in [-0.05, 0) is 36.1 Å². The van der Waals surface area contributed by atoms with Gasteiger partial charge in [0.05, 0.1) is 13.7 Å². The lowest BCUT2D eigenvalue weighted by Gasteiger charge is -2.21. The van der Waals surface area contributed by atoms with Gasteiger partial charge >= 0.3 is 5.97 Å². The normalized spacial score (nSPS) is 16.1. The molecule has 1 aliphatic heterocycles. The summed E-state index contributed by atoms with van der Waals surface area (Å²) in [5.74, 6) is -2.74. The summed E-state index contributed by atoms with van der Waals surface area (Å²) in [6, 6.07) is 12.7. The first-order chi connectivity index (χ1) is 19.2. The van der Waals surface area contributed by atoms with Gasteiger partial charge in [-0.2, -0.15) is 0 Å². The van der Waals surface area contributed by atoms with Gasteiger partial charge in [0.2, 0.25) is 17.7 Å². The molecule has 0 bridgehead atoms. The Bertz CT molecular complexity index is 1410. The molecule has 0 radical (unpaired) electrons. The molecule has 4 amide bonds. The second-order valence-electron chi connectivity index (χ2n) is 9.56. The molecular formula is C28H31N5O7. The summed E-state index contributed by atoms with van der Waals surface area (Å²) >= 11 is 0. The number of hydrogen-bond acceptors (Lipinski definition) is 8. The summed E-state index contributed by atoms with van der Waals surface area (Å²) in [6.45, 7) is 1.68. The Morgan fingerprint density at radius 1 is 1.10 bits per heavy atom. The van der Waals surface area contributed by atoms with Crippen LogP contribution >= 0.6 is 0 Å². The smallest absolute Gasteiger partial charge is 0.328 e. The molecule has 3 aromatic rings. The Morgan fingerprint density at radius 3 is 2.58 bits per heavy atom. The van der Waals surface area contributed by atoms with Crippen molar-refractivity contribution in [2.45, 2.75) is 38.3 Å². The van der Waals surface area contributed by atoms with E-state index in [0.717, 1.165) is 16.3 Å². The number of rotatable bonds is 11. The number of nitrogens with one attached hydrogen (secondary N) is 4. The Morgan fingerprint density at radius 2 is 1.88 bits per heavy atom. The maximum Gasteiger partial charge on any atom is 0.328 e. The molecule has 3 unspecified atom stereocenters. The average molecular weight is 550 g/mol. The summed E-state index contributed by atoms with van der Waals surface area (Å²) in [5, 5.41) is 16.0. The van der Waals surface area contributed by atoms with Gasteiger partial charge in [-0.25, -0.2) is 4.79 Å². The molecule has 1 aromatic heterocycles. The molecule has 1 fully saturated rings. The van der Waals surface area contributed by atoms with E-state index in [1.165, 1.54) is 13.2 Å². The SMILES string of the molecule is COC(=O)C(CC1CCNC1=O)NC(=O)CNC(=O)C(Cc1cccc2ccccc12)NC(=O)c1cc(C)on1. The minimum atomic E-state index is -1.05. The second-order valence-corrected chi connectivity index (χ2v) is 9.56. The minimum Gasteiger partial charge on any atom is -0.467 e. The quantitative estimate of drug-likeness (QED) is 0.254. The lowest BCUT2D eigenvalue weighted by atomic mass is 9.98. The van der Waals surface area contributed by atoms with Gasteiger partial charge in [-0.3, -0.25) is 19.2 Å². The molecule has 3 atom stereocenters. The fourth-order valence-electron chi connectivity index (χ4n) is 4.65. The number of carbonyl (C=O) groups is 5. The summed E-state index contributed by atoms with van der Waals surface area (Å²) < 4.78 is 9.75. The minimum absolute atomic E-state index is 0.0165. The lowest BCUT2D eigenvalue weighted by molar-refractivity contribution is -0.145. The van der Waals surface area contributed by atoms with E-state index in [1.54, 1.807) is 6.92 Å². The van der Waals surface area contributed by atoms with Crippen LogP contribution in [-0.4, -0.2) is 67.0 Å². The molecule has 12 nitrogen and oxygen atoms in total. The first-order valence-electron chi connectivity index (χ1n) is 12.9. The predicted octanol–water partition coefficient (Wildman–Crippen LogP) is 0.778. The van der Waals surface area contributed by atoms with E-state index in [2.05, 4.69) is 26.4 Å². The van der Waals surface area contributed by atoms with Gasteiger partial charge in [0.25, 0.3) is 5.91 Å². The van der Waals surface area contributed by atoms with Gasteiger partial charge in [0.15, 0.2) is 5.69 Å². The van der Waals surface area contributed by atoms with E-state index in [1.807, 2.05) is 42.5 Å². The Balaban J connectivity index is 1.45. The van der Waals surface area contributed by atoms with Crippen LogP contribution in [0.25, 0.3) is 10.8 Å². The van der Waals surface area contributed by atoms with Gasteiger partial charge in [0, 0.05) is 24.9 Å². The van der Waals surface area contributed by atoms with Crippen molar-refractivity contribution >= 4 is 40.4 Å². The van der Waals surface area contributed by atoms with Gasteiger partial charge < -0.3 is 30.5 Å². The number of ether oxygens (including phenoxy) is 1. The number of aryl methyl sites for hydroxylation is 1. The highest BCUT2D eigenvalue weighted by Crippen LogP contribution is 2.20. The van der Waals surface area contributed by atoms with E-state index in [4.69, 9.17) is 9.26 Å². The molecular weight excluding hydrogens is 518 g/mol. The molecule has 2 aromatic carbocycles. The number of nitrogens with zero attached hydrogens (tertiary/aromatic N) is 1. The fraction of sp³-hybridized carbons (Fsp3) is 0.357. The highest BCUT2D eigenvalue weighted by Gasteiger charge is 2.32. The zero-order valence-electron chi connectivity index (χ0n) is 22.2. The van der Waals surface area contributed by atoms with Crippen LogP contribution in [-0.2, 0) is 30.3 Å². The Hall–Kier alpha value is -4.74. The number of aromatic nitrogens is 1. The molecule has 4 rings (SSSR count).